The maximum absolute atomic E-state index is 12.8. The molecule has 1 atom stereocenters. The maximum atomic E-state index is 12.8. The van der Waals surface area contributed by atoms with E-state index in [1.807, 2.05) is 19.1 Å². The number of hydrogen-bond donors (Lipinski definition) is 2. The van der Waals surface area contributed by atoms with E-state index in [0.29, 0.717) is 16.1 Å². The lowest BCUT2D eigenvalue weighted by Gasteiger charge is -2.27. The highest BCUT2D eigenvalue weighted by Crippen LogP contribution is 2.41. The highest BCUT2D eigenvalue weighted by molar-refractivity contribution is 7.16. The molecule has 9 heteroatoms. The molecule has 0 bridgehead atoms. The Kier molecular flexibility index (Phi) is 7.56. The number of aryl methyl sites for hydroxylation is 2. The van der Waals surface area contributed by atoms with E-state index in [1.54, 1.807) is 19.1 Å². The summed E-state index contributed by atoms with van der Waals surface area (Å²) in [5.41, 5.74) is 2.74. The van der Waals surface area contributed by atoms with Crippen LogP contribution in [0.2, 0.25) is 0 Å². The summed E-state index contributed by atoms with van der Waals surface area (Å²) in [6.07, 6.45) is 2.71. The Hall–Kier alpha value is -1.47. The SMILES string of the molecule is CCOC(=O)c1c(N[C@@H](NC(=O)c2ccccc2C)C(Cl)(Cl)Cl)sc2c1CCCC2. The van der Waals surface area contributed by atoms with Crippen molar-refractivity contribution in [3.63, 3.8) is 0 Å². The molecule has 0 spiro atoms. The number of nitrogens with one attached hydrogen (secondary N) is 2. The summed E-state index contributed by atoms with van der Waals surface area (Å²) in [6.45, 7) is 3.86. The van der Waals surface area contributed by atoms with Crippen molar-refractivity contribution < 1.29 is 14.3 Å². The molecule has 162 valence electrons. The van der Waals surface area contributed by atoms with E-state index in [4.69, 9.17) is 39.5 Å². The fourth-order valence-corrected chi connectivity index (χ4v) is 5.09. The van der Waals surface area contributed by atoms with Gasteiger partial charge in [0.1, 0.15) is 11.2 Å². The van der Waals surface area contributed by atoms with Crippen molar-refractivity contribution in [2.45, 2.75) is 49.5 Å². The Morgan fingerprint density at radius 3 is 2.57 bits per heavy atom. The molecule has 0 saturated heterocycles. The number of carbonyl (C=O) groups excluding carboxylic acids is 2. The zero-order valence-corrected chi connectivity index (χ0v) is 19.8. The summed E-state index contributed by atoms with van der Waals surface area (Å²) in [4.78, 5) is 26.6. The minimum Gasteiger partial charge on any atom is -0.462 e. The van der Waals surface area contributed by atoms with Crippen molar-refractivity contribution >= 4 is 63.0 Å². The number of hydrogen-bond acceptors (Lipinski definition) is 5. The van der Waals surface area contributed by atoms with Gasteiger partial charge in [-0.25, -0.2) is 4.79 Å². The third-order valence-corrected chi connectivity index (χ3v) is 6.80. The van der Waals surface area contributed by atoms with Crippen LogP contribution in [0.25, 0.3) is 0 Å². The summed E-state index contributed by atoms with van der Waals surface area (Å²) in [6, 6.07) is 7.15. The van der Waals surface area contributed by atoms with Crippen LogP contribution < -0.4 is 10.6 Å². The topological polar surface area (TPSA) is 67.4 Å². The van der Waals surface area contributed by atoms with Crippen molar-refractivity contribution in [1.29, 1.82) is 0 Å². The summed E-state index contributed by atoms with van der Waals surface area (Å²) >= 11 is 20.0. The van der Waals surface area contributed by atoms with Crippen LogP contribution in [-0.2, 0) is 17.6 Å². The zero-order chi connectivity index (χ0) is 21.9. The molecule has 0 radical (unpaired) electrons. The monoisotopic (exact) mass is 488 g/mol. The van der Waals surface area contributed by atoms with Crippen LogP contribution in [0.5, 0.6) is 0 Å². The highest BCUT2D eigenvalue weighted by atomic mass is 35.6. The molecule has 1 amide bonds. The van der Waals surface area contributed by atoms with E-state index in [2.05, 4.69) is 10.6 Å². The molecule has 1 aliphatic rings. The third-order valence-electron chi connectivity index (χ3n) is 4.92. The molecule has 3 rings (SSSR count). The zero-order valence-electron chi connectivity index (χ0n) is 16.7. The van der Waals surface area contributed by atoms with Crippen LogP contribution in [0.15, 0.2) is 24.3 Å². The normalized spacial score (nSPS) is 14.6. The van der Waals surface area contributed by atoms with Gasteiger partial charge >= 0.3 is 5.97 Å². The molecule has 1 aliphatic carbocycles. The summed E-state index contributed by atoms with van der Waals surface area (Å²) in [5, 5.41) is 6.39. The minimum absolute atomic E-state index is 0.265. The second-order valence-corrected chi connectivity index (χ2v) is 10.5. The standard InChI is InChI=1S/C21H23Cl3N2O3S/c1-3-29-19(28)16-14-10-6-7-11-15(14)30-18(16)26-20(21(22,23)24)25-17(27)13-9-5-4-8-12(13)2/h4-5,8-9,20,26H,3,6-7,10-11H2,1-2H3,(H,25,27)/t20-/m1/s1. The summed E-state index contributed by atoms with van der Waals surface area (Å²) < 4.78 is 3.42. The number of amides is 1. The first-order valence-corrected chi connectivity index (χ1v) is 11.7. The molecule has 2 N–H and O–H groups in total. The van der Waals surface area contributed by atoms with Crippen LogP contribution >= 0.6 is 46.1 Å². The first-order valence-electron chi connectivity index (χ1n) is 9.73. The van der Waals surface area contributed by atoms with Gasteiger partial charge in [-0.2, -0.15) is 0 Å². The maximum Gasteiger partial charge on any atom is 0.341 e. The Balaban J connectivity index is 1.92. The van der Waals surface area contributed by atoms with E-state index in [-0.39, 0.29) is 12.5 Å². The number of fused-ring (bicyclic) bond motifs is 1. The Labute approximate surface area is 195 Å². The van der Waals surface area contributed by atoms with E-state index >= 15 is 0 Å². The van der Waals surface area contributed by atoms with Gasteiger partial charge in [0.25, 0.3) is 5.91 Å². The quantitative estimate of drug-likeness (QED) is 0.312. The number of thiophene rings is 1. The smallest absolute Gasteiger partial charge is 0.341 e. The van der Waals surface area contributed by atoms with Crippen LogP contribution in [0.1, 0.15) is 56.5 Å². The lowest BCUT2D eigenvalue weighted by molar-refractivity contribution is 0.0526. The van der Waals surface area contributed by atoms with Crippen molar-refractivity contribution in [2.24, 2.45) is 0 Å². The average molecular weight is 490 g/mol. The van der Waals surface area contributed by atoms with E-state index in [1.165, 1.54) is 11.3 Å². The molecular formula is C21H23Cl3N2O3S. The molecule has 1 aromatic carbocycles. The van der Waals surface area contributed by atoms with Gasteiger partial charge in [0.15, 0.2) is 0 Å². The van der Waals surface area contributed by atoms with E-state index in [0.717, 1.165) is 41.7 Å². The molecule has 0 saturated carbocycles. The number of carbonyl (C=O) groups is 2. The molecular weight excluding hydrogens is 467 g/mol. The van der Waals surface area contributed by atoms with Crippen molar-refractivity contribution in [1.82, 2.24) is 5.32 Å². The molecule has 1 heterocycles. The number of anilines is 1. The summed E-state index contributed by atoms with van der Waals surface area (Å²) in [5.74, 6) is -0.788. The van der Waals surface area contributed by atoms with Crippen LogP contribution in [0, 0.1) is 6.92 Å². The number of ether oxygens (including phenoxy) is 1. The molecule has 1 aromatic heterocycles. The highest BCUT2D eigenvalue weighted by Gasteiger charge is 2.37. The minimum atomic E-state index is -1.85. The number of halogens is 3. The van der Waals surface area contributed by atoms with Gasteiger partial charge in [-0.05, 0) is 56.7 Å². The van der Waals surface area contributed by atoms with Crippen molar-refractivity contribution in [2.75, 3.05) is 11.9 Å². The van der Waals surface area contributed by atoms with Gasteiger partial charge in [0.2, 0.25) is 3.79 Å². The Morgan fingerprint density at radius 2 is 1.90 bits per heavy atom. The van der Waals surface area contributed by atoms with Crippen LogP contribution in [-0.4, -0.2) is 28.4 Å². The molecule has 0 fully saturated rings. The Morgan fingerprint density at radius 1 is 1.20 bits per heavy atom. The largest absolute Gasteiger partial charge is 0.462 e. The van der Waals surface area contributed by atoms with Gasteiger partial charge in [-0.15, -0.1) is 11.3 Å². The van der Waals surface area contributed by atoms with Crippen molar-refractivity contribution in [3.8, 4) is 0 Å². The number of alkyl halides is 3. The average Bonchev–Trinajstić information content (AvgIpc) is 3.05. The van der Waals surface area contributed by atoms with Crippen LogP contribution in [0.4, 0.5) is 5.00 Å². The molecule has 2 aromatic rings. The second-order valence-electron chi connectivity index (χ2n) is 7.04. The van der Waals surface area contributed by atoms with Gasteiger partial charge in [0.05, 0.1) is 12.2 Å². The molecule has 0 aliphatic heterocycles. The van der Waals surface area contributed by atoms with Gasteiger partial charge in [-0.1, -0.05) is 53.0 Å². The fraction of sp³-hybridized carbons (Fsp3) is 0.429. The number of esters is 1. The van der Waals surface area contributed by atoms with Crippen LogP contribution in [0.3, 0.4) is 0 Å². The molecule has 30 heavy (non-hydrogen) atoms. The number of rotatable bonds is 6. The second kappa shape index (κ2) is 9.77. The number of benzene rings is 1. The predicted molar refractivity (Wildman–Crippen MR) is 123 cm³/mol. The van der Waals surface area contributed by atoms with Crippen molar-refractivity contribution in [3.05, 3.63) is 51.4 Å². The lowest BCUT2D eigenvalue weighted by atomic mass is 9.95. The Bertz CT molecular complexity index is 940. The lowest BCUT2D eigenvalue weighted by Crippen LogP contribution is -2.49. The first-order chi connectivity index (χ1) is 14.2. The van der Waals surface area contributed by atoms with E-state index < -0.39 is 15.9 Å². The molecule has 0 unspecified atom stereocenters. The van der Waals surface area contributed by atoms with Gasteiger partial charge in [-0.3, -0.25) is 4.79 Å². The van der Waals surface area contributed by atoms with E-state index in [9.17, 15) is 9.59 Å². The predicted octanol–water partition coefficient (Wildman–Crippen LogP) is 5.65. The summed E-state index contributed by atoms with van der Waals surface area (Å²) in [7, 11) is 0. The van der Waals surface area contributed by atoms with Gasteiger partial charge in [0, 0.05) is 10.4 Å². The third kappa shape index (κ3) is 5.22. The fourth-order valence-electron chi connectivity index (χ4n) is 3.45. The molecule has 5 nitrogen and oxygen atoms in total. The van der Waals surface area contributed by atoms with Gasteiger partial charge < -0.3 is 15.4 Å². The first kappa shape index (κ1) is 23.2.